The Morgan fingerprint density at radius 1 is 0.882 bits per heavy atom. The highest BCUT2D eigenvalue weighted by Gasteiger charge is 2.27. The van der Waals surface area contributed by atoms with E-state index in [2.05, 4.69) is 5.32 Å². The highest BCUT2D eigenvalue weighted by Crippen LogP contribution is 2.22. The van der Waals surface area contributed by atoms with Crippen LogP contribution in [0.15, 0.2) is 88.7 Å². The molecule has 0 saturated heterocycles. The Morgan fingerprint density at radius 3 is 2.03 bits per heavy atom. The molecular weight excluding hydrogens is 478 g/mol. The van der Waals surface area contributed by atoms with Gasteiger partial charge in [0.15, 0.2) is 0 Å². The maximum atomic E-state index is 13.4. The van der Waals surface area contributed by atoms with Crippen molar-refractivity contribution in [3.8, 4) is 5.75 Å². The summed E-state index contributed by atoms with van der Waals surface area (Å²) in [5.74, 6) is -0.0504. The van der Waals surface area contributed by atoms with Gasteiger partial charge in [0.1, 0.15) is 5.75 Å². The molecule has 3 aromatic rings. The number of sulfonamides is 2. The maximum absolute atomic E-state index is 13.4. The molecular formula is C23H25N3O6S2. The van der Waals surface area contributed by atoms with E-state index < -0.39 is 32.5 Å². The number of hydrogen-bond donors (Lipinski definition) is 2. The third-order valence-electron chi connectivity index (χ3n) is 4.76. The van der Waals surface area contributed by atoms with Gasteiger partial charge in [-0.15, -0.1) is 0 Å². The molecule has 0 bridgehead atoms. The van der Waals surface area contributed by atoms with Gasteiger partial charge in [-0.2, -0.15) is 4.31 Å². The summed E-state index contributed by atoms with van der Waals surface area (Å²) in [6.07, 6.45) is 0. The van der Waals surface area contributed by atoms with Gasteiger partial charge in [-0.25, -0.2) is 22.0 Å². The van der Waals surface area contributed by atoms with Crippen LogP contribution in [0.2, 0.25) is 0 Å². The normalized spacial score (nSPS) is 11.9. The number of hydrogen-bond acceptors (Lipinski definition) is 6. The molecule has 0 atom stereocenters. The van der Waals surface area contributed by atoms with Crippen LogP contribution >= 0.6 is 0 Å². The van der Waals surface area contributed by atoms with Gasteiger partial charge in [-0.1, -0.05) is 30.3 Å². The van der Waals surface area contributed by atoms with Crippen LogP contribution in [0.1, 0.15) is 12.5 Å². The molecule has 0 aromatic heterocycles. The molecule has 0 aliphatic carbocycles. The van der Waals surface area contributed by atoms with Gasteiger partial charge in [-0.05, 0) is 61.0 Å². The summed E-state index contributed by atoms with van der Waals surface area (Å²) in [6, 6.07) is 20.2. The van der Waals surface area contributed by atoms with Crippen LogP contribution in [0.5, 0.6) is 5.75 Å². The molecule has 0 spiro atoms. The van der Waals surface area contributed by atoms with E-state index in [4.69, 9.17) is 9.88 Å². The summed E-state index contributed by atoms with van der Waals surface area (Å²) in [7, 11) is -7.89. The van der Waals surface area contributed by atoms with E-state index in [0.717, 1.165) is 4.31 Å². The number of anilines is 1. The molecule has 9 nitrogen and oxygen atoms in total. The van der Waals surface area contributed by atoms with Gasteiger partial charge in [-0.3, -0.25) is 4.79 Å². The zero-order valence-corrected chi connectivity index (χ0v) is 20.1. The number of nitrogens with zero attached hydrogens (tertiary/aromatic N) is 1. The van der Waals surface area contributed by atoms with E-state index in [0.29, 0.717) is 23.6 Å². The van der Waals surface area contributed by atoms with E-state index in [-0.39, 0.29) is 16.3 Å². The summed E-state index contributed by atoms with van der Waals surface area (Å²) in [6.45, 7) is 1.80. The van der Waals surface area contributed by atoms with Crippen LogP contribution in [-0.2, 0) is 31.4 Å². The van der Waals surface area contributed by atoms with Crippen molar-refractivity contribution in [3.05, 3.63) is 84.4 Å². The zero-order valence-electron chi connectivity index (χ0n) is 18.4. The molecule has 11 heteroatoms. The van der Waals surface area contributed by atoms with Crippen LogP contribution in [0, 0.1) is 0 Å². The molecule has 0 unspecified atom stereocenters. The first-order chi connectivity index (χ1) is 16.1. The van der Waals surface area contributed by atoms with Crippen molar-refractivity contribution < 1.29 is 26.4 Å². The molecule has 3 N–H and O–H groups in total. The minimum absolute atomic E-state index is 0.0197. The third-order valence-corrected chi connectivity index (χ3v) is 7.50. The Labute approximate surface area is 199 Å². The van der Waals surface area contributed by atoms with Crippen LogP contribution in [0.3, 0.4) is 0 Å². The van der Waals surface area contributed by atoms with Gasteiger partial charge in [0.25, 0.3) is 0 Å². The molecule has 34 heavy (non-hydrogen) atoms. The first kappa shape index (κ1) is 25.4. The number of nitrogens with two attached hydrogens (primary N) is 1. The fourth-order valence-corrected chi connectivity index (χ4v) is 5.02. The molecule has 0 aliphatic heterocycles. The Morgan fingerprint density at radius 2 is 1.47 bits per heavy atom. The first-order valence-electron chi connectivity index (χ1n) is 10.3. The fourth-order valence-electron chi connectivity index (χ4n) is 3.13. The smallest absolute Gasteiger partial charge is 0.243 e. The lowest BCUT2D eigenvalue weighted by Gasteiger charge is -2.22. The monoisotopic (exact) mass is 503 g/mol. The molecule has 0 aliphatic rings. The Kier molecular flexibility index (Phi) is 8.05. The SMILES string of the molecule is CCOc1ccc(S(=O)(=O)N(CC(=O)Nc2ccc(S(N)(=O)=O)cc2)Cc2ccccc2)cc1. The number of primary sulfonamides is 1. The van der Waals surface area contributed by atoms with Crippen molar-refractivity contribution in [2.75, 3.05) is 18.5 Å². The van der Waals surface area contributed by atoms with Gasteiger partial charge in [0.2, 0.25) is 26.0 Å². The second-order valence-corrected chi connectivity index (χ2v) is 10.8. The predicted octanol–water partition coefficient (Wildman–Crippen LogP) is 2.56. The standard InChI is InChI=1S/C23H25N3O6S2/c1-2-32-20-10-14-22(15-11-20)34(30,31)26(16-18-6-4-3-5-7-18)17-23(27)25-19-8-12-21(13-9-19)33(24,28)29/h3-15H,2,16-17H2,1H3,(H,25,27)(H2,24,28,29). The Hall–Kier alpha value is -3.25. The number of rotatable bonds is 10. The second kappa shape index (κ2) is 10.8. The van der Waals surface area contributed by atoms with Gasteiger partial charge >= 0.3 is 0 Å². The van der Waals surface area contributed by atoms with Gasteiger partial charge in [0, 0.05) is 12.2 Å². The number of nitrogens with one attached hydrogen (secondary N) is 1. The minimum atomic E-state index is -4.02. The Bertz CT molecular complexity index is 1330. The average molecular weight is 504 g/mol. The molecule has 0 heterocycles. The van der Waals surface area contributed by atoms with Crippen LogP contribution < -0.4 is 15.2 Å². The summed E-state index contributed by atoms with van der Waals surface area (Å²) in [4.78, 5) is 12.7. The van der Waals surface area contributed by atoms with Crippen molar-refractivity contribution in [3.63, 3.8) is 0 Å². The summed E-state index contributed by atoms with van der Waals surface area (Å²) < 4.78 is 56.0. The number of benzene rings is 3. The van der Waals surface area contributed by atoms with E-state index in [1.807, 2.05) is 13.0 Å². The van der Waals surface area contributed by atoms with Crippen LogP contribution in [0.25, 0.3) is 0 Å². The van der Waals surface area contributed by atoms with Crippen molar-refractivity contribution >= 4 is 31.6 Å². The molecule has 3 rings (SSSR count). The lowest BCUT2D eigenvalue weighted by atomic mass is 10.2. The average Bonchev–Trinajstić information content (AvgIpc) is 2.80. The van der Waals surface area contributed by atoms with E-state index >= 15 is 0 Å². The highest BCUT2D eigenvalue weighted by atomic mass is 32.2. The lowest BCUT2D eigenvalue weighted by molar-refractivity contribution is -0.116. The predicted molar refractivity (Wildman–Crippen MR) is 128 cm³/mol. The molecule has 0 saturated carbocycles. The van der Waals surface area contributed by atoms with Gasteiger partial charge in [0.05, 0.1) is 22.9 Å². The van der Waals surface area contributed by atoms with Crippen molar-refractivity contribution in [1.82, 2.24) is 4.31 Å². The number of carbonyl (C=O) groups excluding carboxylic acids is 1. The maximum Gasteiger partial charge on any atom is 0.243 e. The fraction of sp³-hybridized carbons (Fsp3) is 0.174. The van der Waals surface area contributed by atoms with E-state index in [1.165, 1.54) is 36.4 Å². The largest absolute Gasteiger partial charge is 0.494 e. The number of ether oxygens (including phenoxy) is 1. The van der Waals surface area contributed by atoms with Crippen LogP contribution in [0.4, 0.5) is 5.69 Å². The number of amides is 1. The summed E-state index contributed by atoms with van der Waals surface area (Å²) in [5, 5.41) is 7.67. The second-order valence-electron chi connectivity index (χ2n) is 7.28. The zero-order chi connectivity index (χ0) is 24.8. The highest BCUT2D eigenvalue weighted by molar-refractivity contribution is 7.89. The van der Waals surface area contributed by atoms with E-state index in [9.17, 15) is 21.6 Å². The summed E-state index contributed by atoms with van der Waals surface area (Å²) >= 11 is 0. The minimum Gasteiger partial charge on any atom is -0.494 e. The quantitative estimate of drug-likeness (QED) is 0.436. The molecule has 0 radical (unpaired) electrons. The topological polar surface area (TPSA) is 136 Å². The first-order valence-corrected chi connectivity index (χ1v) is 13.3. The molecule has 180 valence electrons. The molecule has 1 amide bonds. The van der Waals surface area contributed by atoms with Gasteiger partial charge < -0.3 is 10.1 Å². The molecule has 3 aromatic carbocycles. The van der Waals surface area contributed by atoms with E-state index in [1.54, 1.807) is 36.4 Å². The molecule has 0 fully saturated rings. The van der Waals surface area contributed by atoms with Crippen molar-refractivity contribution in [2.24, 2.45) is 5.14 Å². The Balaban J connectivity index is 1.83. The lowest BCUT2D eigenvalue weighted by Crippen LogP contribution is -2.37. The number of carbonyl (C=O) groups is 1. The third kappa shape index (κ3) is 6.64. The van der Waals surface area contributed by atoms with Crippen molar-refractivity contribution in [2.45, 2.75) is 23.3 Å². The van der Waals surface area contributed by atoms with Crippen LogP contribution in [-0.4, -0.2) is 40.2 Å². The summed E-state index contributed by atoms with van der Waals surface area (Å²) in [5.41, 5.74) is 1.01. The van der Waals surface area contributed by atoms with Crippen molar-refractivity contribution in [1.29, 1.82) is 0 Å².